The second kappa shape index (κ2) is 6.70. The molecule has 2 nitrogen and oxygen atoms in total. The number of carbonyl (C=O) groups excluding carboxylic acids is 1. The Bertz CT molecular complexity index is 879. The Morgan fingerprint density at radius 2 is 1.71 bits per heavy atom. The fourth-order valence-electron chi connectivity index (χ4n) is 3.35. The van der Waals surface area contributed by atoms with Crippen molar-refractivity contribution in [3.63, 3.8) is 0 Å². The first-order valence-corrected chi connectivity index (χ1v) is 9.31. The molecular weight excluding hydrogens is 314 g/mol. The summed E-state index contributed by atoms with van der Waals surface area (Å²) in [6, 6.07) is 20.8. The van der Waals surface area contributed by atoms with E-state index in [0.29, 0.717) is 6.42 Å². The van der Waals surface area contributed by atoms with Crippen molar-refractivity contribution in [3.05, 3.63) is 71.8 Å². The third-order valence-corrected chi connectivity index (χ3v) is 5.51. The van der Waals surface area contributed by atoms with Crippen LogP contribution in [-0.2, 0) is 17.6 Å². The van der Waals surface area contributed by atoms with E-state index in [1.54, 1.807) is 11.8 Å². The molecule has 0 heterocycles. The minimum absolute atomic E-state index is 0.0807. The highest BCUT2D eigenvalue weighted by Crippen LogP contribution is 2.35. The first kappa shape index (κ1) is 15.3. The van der Waals surface area contributed by atoms with Gasteiger partial charge in [0.1, 0.15) is 0 Å². The molecule has 1 N–H and O–H groups in total. The van der Waals surface area contributed by atoms with Crippen molar-refractivity contribution in [1.82, 2.24) is 0 Å². The molecule has 3 aromatic rings. The van der Waals surface area contributed by atoms with Crippen LogP contribution in [0.1, 0.15) is 17.5 Å². The van der Waals surface area contributed by atoms with Gasteiger partial charge in [-0.1, -0.05) is 42.5 Å². The Balaban J connectivity index is 1.44. The molecule has 0 aliphatic heterocycles. The standard InChI is InChI=1S/C21H19NOS/c23-20(13-14-24-17-6-2-1-3-7-17)22-19-12-11-16-10-9-15-5-4-8-18(19)21(15)16/h1-8,11-12H,9-10,13-14H2,(H,22,23). The Morgan fingerprint density at radius 1 is 0.917 bits per heavy atom. The van der Waals surface area contributed by atoms with Crippen LogP contribution in [0.4, 0.5) is 5.69 Å². The highest BCUT2D eigenvalue weighted by atomic mass is 32.2. The molecule has 1 aliphatic carbocycles. The molecule has 0 bridgehead atoms. The van der Waals surface area contributed by atoms with Crippen molar-refractivity contribution in [3.8, 4) is 0 Å². The van der Waals surface area contributed by atoms with Gasteiger partial charge in [-0.15, -0.1) is 11.8 Å². The van der Waals surface area contributed by atoms with Crippen molar-refractivity contribution in [2.75, 3.05) is 11.1 Å². The Hall–Kier alpha value is -2.26. The molecule has 0 saturated heterocycles. The summed E-state index contributed by atoms with van der Waals surface area (Å²) in [7, 11) is 0. The summed E-state index contributed by atoms with van der Waals surface area (Å²) in [4.78, 5) is 13.5. The molecule has 0 fully saturated rings. The van der Waals surface area contributed by atoms with Gasteiger partial charge < -0.3 is 5.32 Å². The van der Waals surface area contributed by atoms with Gasteiger partial charge in [-0.05, 0) is 47.6 Å². The molecule has 3 heteroatoms. The Kier molecular flexibility index (Phi) is 4.26. The summed E-state index contributed by atoms with van der Waals surface area (Å²) in [6.45, 7) is 0. The van der Waals surface area contributed by atoms with Crippen molar-refractivity contribution in [2.24, 2.45) is 0 Å². The lowest BCUT2D eigenvalue weighted by Gasteiger charge is -2.10. The summed E-state index contributed by atoms with van der Waals surface area (Å²) in [5.74, 6) is 0.869. The van der Waals surface area contributed by atoms with Crippen LogP contribution in [0.15, 0.2) is 65.6 Å². The number of amides is 1. The largest absolute Gasteiger partial charge is 0.325 e. The summed E-state index contributed by atoms with van der Waals surface area (Å²) in [6.07, 6.45) is 2.73. The van der Waals surface area contributed by atoms with Gasteiger partial charge in [0.2, 0.25) is 5.91 Å². The van der Waals surface area contributed by atoms with Crippen LogP contribution in [0.25, 0.3) is 10.8 Å². The van der Waals surface area contributed by atoms with Gasteiger partial charge in [0.25, 0.3) is 0 Å². The number of benzene rings is 3. The smallest absolute Gasteiger partial charge is 0.225 e. The molecule has 4 rings (SSSR count). The molecule has 1 aliphatic rings. The van der Waals surface area contributed by atoms with Crippen LogP contribution in [0, 0.1) is 0 Å². The minimum Gasteiger partial charge on any atom is -0.325 e. The topological polar surface area (TPSA) is 29.1 Å². The molecule has 0 unspecified atom stereocenters. The molecule has 24 heavy (non-hydrogen) atoms. The molecule has 0 aromatic heterocycles. The van der Waals surface area contributed by atoms with Gasteiger partial charge in [-0.3, -0.25) is 4.79 Å². The first-order valence-electron chi connectivity index (χ1n) is 8.32. The Labute approximate surface area is 146 Å². The lowest BCUT2D eigenvalue weighted by atomic mass is 10.0. The molecule has 0 saturated carbocycles. The summed E-state index contributed by atoms with van der Waals surface area (Å²) < 4.78 is 0. The second-order valence-corrected chi connectivity index (χ2v) is 7.24. The van der Waals surface area contributed by atoms with E-state index in [0.717, 1.165) is 24.3 Å². The van der Waals surface area contributed by atoms with Crippen LogP contribution in [-0.4, -0.2) is 11.7 Å². The SMILES string of the molecule is O=C(CCSc1ccccc1)Nc1ccc2c3c(cccc13)CC2. The van der Waals surface area contributed by atoms with E-state index in [1.807, 2.05) is 18.2 Å². The summed E-state index contributed by atoms with van der Waals surface area (Å²) >= 11 is 1.72. The van der Waals surface area contributed by atoms with Gasteiger partial charge in [0, 0.05) is 28.1 Å². The maximum atomic E-state index is 12.3. The first-order chi connectivity index (χ1) is 11.8. The van der Waals surface area contributed by atoms with Crippen molar-refractivity contribution >= 4 is 34.1 Å². The highest BCUT2D eigenvalue weighted by Gasteiger charge is 2.16. The number of thioether (sulfide) groups is 1. The minimum atomic E-state index is 0.0807. The predicted octanol–water partition coefficient (Wildman–Crippen LogP) is 5.06. The average molecular weight is 333 g/mol. The van der Waals surface area contributed by atoms with E-state index in [2.05, 4.69) is 47.8 Å². The predicted molar refractivity (Wildman–Crippen MR) is 102 cm³/mol. The second-order valence-electron chi connectivity index (χ2n) is 6.07. The van der Waals surface area contributed by atoms with Crippen LogP contribution in [0.3, 0.4) is 0 Å². The fourth-order valence-corrected chi connectivity index (χ4v) is 4.22. The number of aryl methyl sites for hydroxylation is 2. The number of anilines is 1. The Morgan fingerprint density at radius 3 is 2.54 bits per heavy atom. The van der Waals surface area contributed by atoms with Crippen molar-refractivity contribution in [2.45, 2.75) is 24.2 Å². The molecule has 1 amide bonds. The number of hydrogen-bond donors (Lipinski definition) is 1. The van der Waals surface area contributed by atoms with E-state index in [9.17, 15) is 4.79 Å². The van der Waals surface area contributed by atoms with E-state index < -0.39 is 0 Å². The zero-order valence-corrected chi connectivity index (χ0v) is 14.2. The molecule has 3 aromatic carbocycles. The van der Waals surface area contributed by atoms with E-state index in [-0.39, 0.29) is 5.91 Å². The molecule has 0 spiro atoms. The molecule has 0 atom stereocenters. The van der Waals surface area contributed by atoms with Gasteiger partial charge in [-0.2, -0.15) is 0 Å². The van der Waals surface area contributed by atoms with Crippen molar-refractivity contribution < 1.29 is 4.79 Å². The fraction of sp³-hybridized carbons (Fsp3) is 0.190. The van der Waals surface area contributed by atoms with Crippen LogP contribution >= 0.6 is 11.8 Å². The van der Waals surface area contributed by atoms with Crippen LogP contribution < -0.4 is 5.32 Å². The number of rotatable bonds is 5. The third kappa shape index (κ3) is 3.04. The van der Waals surface area contributed by atoms with E-state index in [4.69, 9.17) is 0 Å². The monoisotopic (exact) mass is 333 g/mol. The maximum absolute atomic E-state index is 12.3. The van der Waals surface area contributed by atoms with Gasteiger partial charge in [0.15, 0.2) is 0 Å². The van der Waals surface area contributed by atoms with E-state index >= 15 is 0 Å². The number of hydrogen-bond acceptors (Lipinski definition) is 2. The zero-order chi connectivity index (χ0) is 16.4. The summed E-state index contributed by atoms with van der Waals surface area (Å²) in [5, 5.41) is 5.62. The molecular formula is C21H19NOS. The normalized spacial score (nSPS) is 12.5. The zero-order valence-electron chi connectivity index (χ0n) is 13.4. The number of nitrogens with one attached hydrogen (secondary N) is 1. The highest BCUT2D eigenvalue weighted by molar-refractivity contribution is 7.99. The average Bonchev–Trinajstić information content (AvgIpc) is 3.03. The van der Waals surface area contributed by atoms with Crippen LogP contribution in [0.5, 0.6) is 0 Å². The van der Waals surface area contributed by atoms with Crippen molar-refractivity contribution in [1.29, 1.82) is 0 Å². The lowest BCUT2D eigenvalue weighted by molar-refractivity contribution is -0.115. The third-order valence-electron chi connectivity index (χ3n) is 4.49. The lowest BCUT2D eigenvalue weighted by Crippen LogP contribution is -2.12. The van der Waals surface area contributed by atoms with Gasteiger partial charge >= 0.3 is 0 Å². The quantitative estimate of drug-likeness (QED) is 0.661. The maximum Gasteiger partial charge on any atom is 0.225 e. The van der Waals surface area contributed by atoms with Gasteiger partial charge in [-0.25, -0.2) is 0 Å². The van der Waals surface area contributed by atoms with Crippen LogP contribution in [0.2, 0.25) is 0 Å². The molecule has 120 valence electrons. The summed E-state index contributed by atoms with van der Waals surface area (Å²) in [5.41, 5.74) is 3.74. The molecule has 0 radical (unpaired) electrons. The number of carbonyl (C=O) groups is 1. The van der Waals surface area contributed by atoms with E-state index in [1.165, 1.54) is 26.8 Å². The van der Waals surface area contributed by atoms with Gasteiger partial charge in [0.05, 0.1) is 0 Å².